The van der Waals surface area contributed by atoms with Crippen LogP contribution in [0.5, 0.6) is 0 Å². The summed E-state index contributed by atoms with van der Waals surface area (Å²) in [5.41, 5.74) is -0.0104. The third-order valence-electron chi connectivity index (χ3n) is 13.2. The van der Waals surface area contributed by atoms with Crippen LogP contribution in [0.25, 0.3) is 0 Å². The summed E-state index contributed by atoms with van der Waals surface area (Å²) in [5, 5.41) is 0. The first-order valence-electron chi connectivity index (χ1n) is 14.9. The Morgan fingerprint density at radius 3 is 2.30 bits per heavy atom. The number of esters is 1. The Labute approximate surface area is 201 Å². The number of ether oxygens (including phenoxy) is 2. The molecule has 14 unspecified atom stereocenters. The fourth-order valence-electron chi connectivity index (χ4n) is 12.3. The van der Waals surface area contributed by atoms with Crippen molar-refractivity contribution in [2.45, 2.75) is 97.0 Å². The number of rotatable bonds is 7. The van der Waals surface area contributed by atoms with Crippen molar-refractivity contribution < 1.29 is 14.3 Å². The van der Waals surface area contributed by atoms with Gasteiger partial charge < -0.3 is 9.47 Å². The minimum atomic E-state index is -0.0104. The molecule has 0 spiro atoms. The van der Waals surface area contributed by atoms with Gasteiger partial charge in [0.25, 0.3) is 0 Å². The summed E-state index contributed by atoms with van der Waals surface area (Å²) in [6, 6.07) is 0. The lowest BCUT2D eigenvalue weighted by molar-refractivity contribution is -0.196. The Bertz CT molecular complexity index is 793. The van der Waals surface area contributed by atoms with Gasteiger partial charge in [-0.05, 0) is 129 Å². The van der Waals surface area contributed by atoms with Gasteiger partial charge in [0.1, 0.15) is 0 Å². The minimum absolute atomic E-state index is 0.0104. The van der Waals surface area contributed by atoms with Crippen molar-refractivity contribution in [3.05, 3.63) is 0 Å². The van der Waals surface area contributed by atoms with Crippen LogP contribution in [-0.2, 0) is 14.3 Å². The highest BCUT2D eigenvalue weighted by molar-refractivity contribution is 5.73. The van der Waals surface area contributed by atoms with E-state index in [4.69, 9.17) is 9.47 Å². The molecule has 0 amide bonds. The summed E-state index contributed by atoms with van der Waals surface area (Å²) in [7, 11) is 0. The van der Waals surface area contributed by atoms with Crippen molar-refractivity contribution in [2.24, 2.45) is 76.9 Å². The average Bonchev–Trinajstić information content (AvgIpc) is 3.66. The molecule has 0 saturated heterocycles. The van der Waals surface area contributed by atoms with Gasteiger partial charge >= 0.3 is 5.97 Å². The first-order valence-corrected chi connectivity index (χ1v) is 14.9. The molecule has 7 rings (SSSR count). The lowest BCUT2D eigenvalue weighted by atomic mass is 9.65. The maximum absolute atomic E-state index is 13.3. The molecule has 0 aliphatic heterocycles. The van der Waals surface area contributed by atoms with E-state index in [0.29, 0.717) is 5.92 Å². The van der Waals surface area contributed by atoms with E-state index in [1.807, 2.05) is 0 Å². The van der Waals surface area contributed by atoms with E-state index in [9.17, 15) is 4.79 Å². The monoisotopic (exact) mass is 454 g/mol. The predicted molar refractivity (Wildman–Crippen MR) is 128 cm³/mol. The number of carbonyl (C=O) groups is 1. The Morgan fingerprint density at radius 2 is 1.55 bits per heavy atom. The van der Waals surface area contributed by atoms with Gasteiger partial charge in [-0.1, -0.05) is 33.6 Å². The lowest BCUT2D eigenvalue weighted by Gasteiger charge is -2.45. The molecule has 3 nitrogen and oxygen atoms in total. The molecule has 0 N–H and O–H groups in total. The maximum atomic E-state index is 13.3. The summed E-state index contributed by atoms with van der Waals surface area (Å²) in [4.78, 5) is 13.3. The van der Waals surface area contributed by atoms with E-state index in [2.05, 4.69) is 20.8 Å². The molecular formula is C30H46O3. The second-order valence-corrected chi connectivity index (χ2v) is 13.7. The van der Waals surface area contributed by atoms with Crippen LogP contribution in [0.4, 0.5) is 0 Å². The summed E-state index contributed by atoms with van der Waals surface area (Å²) < 4.78 is 12.6. The largest absolute Gasteiger partial charge is 0.438 e. The SMILES string of the molecule is CCC1CC(CC)C2C3CC(CC3C(=O)OCOC3(CC)CC4CC3C3C5CCC(C5)C43)C12. The number of hydrogen-bond donors (Lipinski definition) is 0. The zero-order valence-corrected chi connectivity index (χ0v) is 21.2. The Kier molecular flexibility index (Phi) is 5.07. The molecule has 7 aliphatic carbocycles. The standard InChI is InChI=1S/C30H46O3/c1-4-16-9-17(5-2)27-22-11-20(25(16)27)12-23(22)29(31)32-15-33-30(6-3)14-21-13-24(30)28-19-8-7-18(10-19)26(21)28/h16-28H,4-15H2,1-3H3. The van der Waals surface area contributed by atoms with Crippen molar-refractivity contribution in [1.82, 2.24) is 0 Å². The Balaban J connectivity index is 0.988. The van der Waals surface area contributed by atoms with Crippen LogP contribution in [-0.4, -0.2) is 18.4 Å². The van der Waals surface area contributed by atoms with Gasteiger partial charge in [0.2, 0.25) is 0 Å². The Morgan fingerprint density at radius 1 is 0.788 bits per heavy atom. The molecule has 3 heteroatoms. The first-order chi connectivity index (χ1) is 16.1. The number of carbonyl (C=O) groups excluding carboxylic acids is 1. The second-order valence-electron chi connectivity index (χ2n) is 13.7. The molecule has 0 aromatic rings. The van der Waals surface area contributed by atoms with Gasteiger partial charge in [-0.15, -0.1) is 0 Å². The van der Waals surface area contributed by atoms with Crippen molar-refractivity contribution in [3.63, 3.8) is 0 Å². The van der Waals surface area contributed by atoms with E-state index in [1.165, 1.54) is 57.8 Å². The normalized spacial score (nSPS) is 57.1. The molecule has 0 aromatic heterocycles. The highest BCUT2D eigenvalue weighted by Gasteiger charge is 2.67. The van der Waals surface area contributed by atoms with Crippen molar-refractivity contribution in [1.29, 1.82) is 0 Å². The van der Waals surface area contributed by atoms with Gasteiger partial charge in [0, 0.05) is 0 Å². The molecule has 0 aromatic carbocycles. The van der Waals surface area contributed by atoms with Gasteiger partial charge in [-0.3, -0.25) is 4.79 Å². The summed E-state index contributed by atoms with van der Waals surface area (Å²) in [6.45, 7) is 7.27. The van der Waals surface area contributed by atoms with E-state index >= 15 is 0 Å². The number of hydrogen-bond acceptors (Lipinski definition) is 3. The molecule has 184 valence electrons. The number of fused-ring (bicyclic) bond motifs is 14. The molecule has 7 saturated carbocycles. The molecule has 6 bridgehead atoms. The van der Waals surface area contributed by atoms with Crippen molar-refractivity contribution in [3.8, 4) is 0 Å². The summed E-state index contributed by atoms with van der Waals surface area (Å²) >= 11 is 0. The fraction of sp³-hybridized carbons (Fsp3) is 0.967. The van der Waals surface area contributed by atoms with E-state index in [0.717, 1.165) is 77.9 Å². The predicted octanol–water partition coefficient (Wildman–Crippen LogP) is 6.70. The fourth-order valence-corrected chi connectivity index (χ4v) is 12.3. The second kappa shape index (κ2) is 7.71. The van der Waals surface area contributed by atoms with Crippen LogP contribution >= 0.6 is 0 Å². The van der Waals surface area contributed by atoms with Crippen LogP contribution < -0.4 is 0 Å². The maximum Gasteiger partial charge on any atom is 0.311 e. The van der Waals surface area contributed by atoms with Crippen molar-refractivity contribution in [2.75, 3.05) is 6.79 Å². The zero-order valence-electron chi connectivity index (χ0n) is 21.2. The molecule has 14 atom stereocenters. The molecule has 0 radical (unpaired) electrons. The summed E-state index contributed by atoms with van der Waals surface area (Å²) in [5.74, 6) is 10.6. The van der Waals surface area contributed by atoms with Crippen LogP contribution in [0, 0.1) is 76.9 Å². The molecule has 7 fully saturated rings. The van der Waals surface area contributed by atoms with Crippen LogP contribution in [0.3, 0.4) is 0 Å². The van der Waals surface area contributed by atoms with E-state index in [1.54, 1.807) is 0 Å². The third-order valence-corrected chi connectivity index (χ3v) is 13.2. The third kappa shape index (κ3) is 2.87. The highest BCUT2D eigenvalue weighted by Crippen LogP contribution is 2.71. The van der Waals surface area contributed by atoms with Gasteiger partial charge in [-0.25, -0.2) is 0 Å². The topological polar surface area (TPSA) is 35.5 Å². The lowest BCUT2D eigenvalue weighted by Crippen LogP contribution is -2.47. The molecule has 7 aliphatic rings. The highest BCUT2D eigenvalue weighted by atomic mass is 16.7. The zero-order chi connectivity index (χ0) is 22.5. The molecule has 33 heavy (non-hydrogen) atoms. The average molecular weight is 455 g/mol. The first kappa shape index (κ1) is 21.7. The smallest absolute Gasteiger partial charge is 0.311 e. The Hall–Kier alpha value is -0.570. The van der Waals surface area contributed by atoms with Crippen LogP contribution in [0.2, 0.25) is 0 Å². The van der Waals surface area contributed by atoms with Gasteiger partial charge in [0.15, 0.2) is 6.79 Å². The van der Waals surface area contributed by atoms with Crippen LogP contribution in [0.1, 0.15) is 91.4 Å². The van der Waals surface area contributed by atoms with E-state index < -0.39 is 0 Å². The summed E-state index contributed by atoms with van der Waals surface area (Å²) in [6.07, 6.45) is 14.6. The van der Waals surface area contributed by atoms with E-state index in [-0.39, 0.29) is 24.3 Å². The van der Waals surface area contributed by atoms with Crippen LogP contribution in [0.15, 0.2) is 0 Å². The molecule has 0 heterocycles. The van der Waals surface area contributed by atoms with Crippen molar-refractivity contribution >= 4 is 5.97 Å². The van der Waals surface area contributed by atoms with Gasteiger partial charge in [0.05, 0.1) is 11.5 Å². The molecular weight excluding hydrogens is 408 g/mol. The van der Waals surface area contributed by atoms with Gasteiger partial charge in [-0.2, -0.15) is 0 Å². The quantitative estimate of drug-likeness (QED) is 0.244. The minimum Gasteiger partial charge on any atom is -0.438 e.